The topological polar surface area (TPSA) is 56.3 Å². The van der Waals surface area contributed by atoms with Crippen molar-refractivity contribution in [1.29, 1.82) is 0 Å². The van der Waals surface area contributed by atoms with Crippen LogP contribution in [-0.4, -0.2) is 23.7 Å². The van der Waals surface area contributed by atoms with Crippen LogP contribution in [0.4, 0.5) is 22.0 Å². The minimum absolute atomic E-state index is 0.0115. The summed E-state index contributed by atoms with van der Waals surface area (Å²) in [5, 5.41) is 0. The number of nitrogens with zero attached hydrogens (tertiary/aromatic N) is 1. The second kappa shape index (κ2) is 7.38. The molecule has 29 heavy (non-hydrogen) atoms. The first-order chi connectivity index (χ1) is 13.6. The summed E-state index contributed by atoms with van der Waals surface area (Å²) in [5.74, 6) is -4.42. The van der Waals surface area contributed by atoms with Gasteiger partial charge in [0.1, 0.15) is 22.9 Å². The van der Waals surface area contributed by atoms with E-state index in [1.165, 1.54) is 6.92 Å². The summed E-state index contributed by atoms with van der Waals surface area (Å²) in [6.45, 7) is 1.53. The number of alkyl halides is 3. The lowest BCUT2D eigenvalue weighted by Crippen LogP contribution is -2.26. The van der Waals surface area contributed by atoms with E-state index in [1.54, 1.807) is 0 Å². The molecule has 1 aliphatic carbocycles. The summed E-state index contributed by atoms with van der Waals surface area (Å²) >= 11 is 0. The number of ether oxygens (including phenoxy) is 1. The molecule has 0 amide bonds. The first-order valence-electron chi connectivity index (χ1n) is 8.49. The molecular weight excluding hydrogens is 397 g/mol. The van der Waals surface area contributed by atoms with Gasteiger partial charge in [-0.2, -0.15) is 13.2 Å². The van der Waals surface area contributed by atoms with E-state index in [0.717, 1.165) is 25.4 Å². The van der Waals surface area contributed by atoms with E-state index in [-0.39, 0.29) is 23.3 Å². The number of carbonyl (C=O) groups is 2. The number of rotatable bonds is 4. The molecule has 0 radical (unpaired) electrons. The third kappa shape index (κ3) is 3.52. The molecule has 0 atom stereocenters. The molecule has 1 heterocycles. The highest BCUT2D eigenvalue weighted by molar-refractivity contribution is 6.27. The smallest absolute Gasteiger partial charge is 0.420 e. The molecule has 1 aliphatic rings. The van der Waals surface area contributed by atoms with Gasteiger partial charge in [0, 0.05) is 23.3 Å². The maximum Gasteiger partial charge on any atom is 0.420 e. The third-order valence-corrected chi connectivity index (χ3v) is 4.63. The van der Waals surface area contributed by atoms with E-state index in [0.29, 0.717) is 6.07 Å². The largest absolute Gasteiger partial charge is 0.495 e. The van der Waals surface area contributed by atoms with E-state index in [4.69, 9.17) is 0 Å². The SMILES string of the molecule is CCC1=C(Cc2cc(C(F)(F)F)c(OC)cn2)C(=O)c2c(F)ccc(F)c2C1=O. The van der Waals surface area contributed by atoms with Gasteiger partial charge in [0.05, 0.1) is 24.4 Å². The molecule has 0 unspecified atom stereocenters. The van der Waals surface area contributed by atoms with Gasteiger partial charge in [-0.15, -0.1) is 0 Å². The van der Waals surface area contributed by atoms with Gasteiger partial charge in [0.15, 0.2) is 11.6 Å². The number of Topliss-reactive ketones (excluding diaryl/α,β-unsaturated/α-hetero) is 2. The monoisotopic (exact) mass is 411 g/mol. The van der Waals surface area contributed by atoms with E-state index < -0.39 is 58.2 Å². The van der Waals surface area contributed by atoms with Gasteiger partial charge in [0.2, 0.25) is 0 Å². The van der Waals surface area contributed by atoms with Crippen LogP contribution < -0.4 is 4.74 Å². The molecule has 0 saturated heterocycles. The highest BCUT2D eigenvalue weighted by Crippen LogP contribution is 2.37. The van der Waals surface area contributed by atoms with Crippen LogP contribution in [0, 0.1) is 11.6 Å². The Balaban J connectivity index is 2.13. The zero-order valence-electron chi connectivity index (χ0n) is 15.3. The molecule has 3 rings (SSSR count). The summed E-state index contributed by atoms with van der Waals surface area (Å²) < 4.78 is 72.7. The molecule has 0 aliphatic heterocycles. The maximum atomic E-state index is 14.2. The van der Waals surface area contributed by atoms with Crippen LogP contribution in [0.15, 0.2) is 35.5 Å². The number of benzene rings is 1. The number of halogens is 5. The summed E-state index contributed by atoms with van der Waals surface area (Å²) in [6, 6.07) is 2.17. The van der Waals surface area contributed by atoms with E-state index in [2.05, 4.69) is 9.72 Å². The quantitative estimate of drug-likeness (QED) is 0.684. The summed E-state index contributed by atoms with van der Waals surface area (Å²) in [4.78, 5) is 29.3. The van der Waals surface area contributed by atoms with Crippen molar-refractivity contribution in [3.63, 3.8) is 0 Å². The van der Waals surface area contributed by atoms with Crippen LogP contribution in [0.2, 0.25) is 0 Å². The molecule has 1 aromatic heterocycles. The zero-order valence-corrected chi connectivity index (χ0v) is 15.3. The predicted molar refractivity (Wildman–Crippen MR) is 91.8 cm³/mol. The van der Waals surface area contributed by atoms with Crippen LogP contribution in [0.5, 0.6) is 5.75 Å². The number of fused-ring (bicyclic) bond motifs is 1. The normalized spacial score (nSPS) is 14.3. The predicted octanol–water partition coefficient (Wildman–Crippen LogP) is 4.72. The fraction of sp³-hybridized carbons (Fsp3) is 0.250. The lowest BCUT2D eigenvalue weighted by molar-refractivity contribution is -0.138. The Labute approximate surface area is 162 Å². The fourth-order valence-corrected chi connectivity index (χ4v) is 3.28. The second-order valence-corrected chi connectivity index (χ2v) is 6.30. The summed E-state index contributed by atoms with van der Waals surface area (Å²) in [7, 11) is 1.06. The Morgan fingerprint density at radius 3 is 2.03 bits per heavy atom. The van der Waals surface area contributed by atoms with Gasteiger partial charge < -0.3 is 4.74 Å². The number of methoxy groups -OCH3 is 1. The number of ketones is 2. The van der Waals surface area contributed by atoms with Gasteiger partial charge in [-0.25, -0.2) is 8.78 Å². The van der Waals surface area contributed by atoms with Crippen LogP contribution in [0.25, 0.3) is 0 Å². The molecule has 152 valence electrons. The Bertz CT molecular complexity index is 1060. The summed E-state index contributed by atoms with van der Waals surface area (Å²) in [5.41, 5.74) is -2.93. The minimum atomic E-state index is -4.74. The molecule has 1 aromatic carbocycles. The fourth-order valence-electron chi connectivity index (χ4n) is 3.28. The second-order valence-electron chi connectivity index (χ2n) is 6.30. The first kappa shape index (κ1) is 20.6. The Kier molecular flexibility index (Phi) is 5.25. The Morgan fingerprint density at radius 1 is 1.00 bits per heavy atom. The standard InChI is InChI=1S/C20H14F5NO3/c1-3-10-11(6-9-7-12(20(23,24)25)15(29-2)8-26-9)19(28)17-14(22)5-4-13(21)16(17)18(10)27/h4-5,7-8H,3,6H2,1-2H3. The minimum Gasteiger partial charge on any atom is -0.495 e. The van der Waals surface area contributed by atoms with Crippen molar-refractivity contribution in [3.05, 3.63) is 69.6 Å². The molecular formula is C20H14F5NO3. The molecule has 9 heteroatoms. The van der Waals surface area contributed by atoms with Crippen molar-refractivity contribution < 1.29 is 36.3 Å². The van der Waals surface area contributed by atoms with Gasteiger partial charge in [-0.3, -0.25) is 14.6 Å². The van der Waals surface area contributed by atoms with Gasteiger partial charge in [0.25, 0.3) is 0 Å². The third-order valence-electron chi connectivity index (χ3n) is 4.63. The van der Waals surface area contributed by atoms with E-state index >= 15 is 0 Å². The van der Waals surface area contributed by atoms with Crippen molar-refractivity contribution in [2.24, 2.45) is 0 Å². The first-order valence-corrected chi connectivity index (χ1v) is 8.49. The number of aromatic nitrogens is 1. The lowest BCUT2D eigenvalue weighted by Gasteiger charge is -2.21. The Hall–Kier alpha value is -3.10. The number of pyridine rings is 1. The number of hydrogen-bond donors (Lipinski definition) is 0. The van der Waals surface area contributed by atoms with Crippen molar-refractivity contribution in [2.45, 2.75) is 25.9 Å². The molecule has 0 bridgehead atoms. The molecule has 0 N–H and O–H groups in total. The van der Waals surface area contributed by atoms with E-state index in [1.807, 2.05) is 0 Å². The Morgan fingerprint density at radius 2 is 1.55 bits per heavy atom. The molecule has 0 spiro atoms. The van der Waals surface area contributed by atoms with Crippen molar-refractivity contribution >= 4 is 11.6 Å². The molecule has 0 saturated carbocycles. The van der Waals surface area contributed by atoms with Crippen LogP contribution in [0.3, 0.4) is 0 Å². The summed E-state index contributed by atoms with van der Waals surface area (Å²) in [6.07, 6.45) is -4.32. The van der Waals surface area contributed by atoms with Crippen LogP contribution >= 0.6 is 0 Å². The van der Waals surface area contributed by atoms with E-state index in [9.17, 15) is 31.5 Å². The number of carbonyl (C=O) groups excluding carboxylic acids is 2. The van der Waals surface area contributed by atoms with Crippen LogP contribution in [-0.2, 0) is 12.6 Å². The lowest BCUT2D eigenvalue weighted by atomic mass is 9.80. The molecule has 2 aromatic rings. The van der Waals surface area contributed by atoms with Crippen molar-refractivity contribution in [2.75, 3.05) is 7.11 Å². The van der Waals surface area contributed by atoms with Gasteiger partial charge in [-0.1, -0.05) is 6.92 Å². The molecule has 4 nitrogen and oxygen atoms in total. The average Bonchev–Trinajstić information content (AvgIpc) is 2.67. The number of hydrogen-bond acceptors (Lipinski definition) is 4. The zero-order chi connectivity index (χ0) is 21.5. The number of allylic oxidation sites excluding steroid dienone is 2. The van der Waals surface area contributed by atoms with Crippen molar-refractivity contribution in [3.8, 4) is 5.75 Å². The average molecular weight is 411 g/mol. The van der Waals surface area contributed by atoms with Gasteiger partial charge >= 0.3 is 6.18 Å². The van der Waals surface area contributed by atoms with Crippen LogP contribution in [0.1, 0.15) is 45.3 Å². The highest BCUT2D eigenvalue weighted by Gasteiger charge is 2.38. The van der Waals surface area contributed by atoms with Crippen molar-refractivity contribution in [1.82, 2.24) is 4.98 Å². The highest BCUT2D eigenvalue weighted by atomic mass is 19.4. The molecule has 0 fully saturated rings. The van der Waals surface area contributed by atoms with Gasteiger partial charge in [-0.05, 0) is 24.6 Å². The maximum absolute atomic E-state index is 14.2.